The van der Waals surface area contributed by atoms with Crippen molar-refractivity contribution in [2.24, 2.45) is 0 Å². The highest BCUT2D eigenvalue weighted by Gasteiger charge is 2.49. The minimum Gasteiger partial charge on any atom is -0.455 e. The zero-order chi connectivity index (χ0) is 13.2. The third-order valence-corrected chi connectivity index (χ3v) is 3.38. The Morgan fingerprint density at radius 1 is 1.32 bits per heavy atom. The van der Waals surface area contributed by atoms with Crippen LogP contribution >= 0.6 is 0 Å². The van der Waals surface area contributed by atoms with Crippen molar-refractivity contribution in [2.45, 2.75) is 31.0 Å². The summed E-state index contributed by atoms with van der Waals surface area (Å²) in [6.45, 7) is 0.777. The number of aliphatic hydroxyl groups is 1. The van der Waals surface area contributed by atoms with Crippen LogP contribution in [0.25, 0.3) is 0 Å². The zero-order valence-electron chi connectivity index (χ0n) is 10.6. The molecule has 19 heavy (non-hydrogen) atoms. The topological polar surface area (TPSA) is 82.9 Å². The van der Waals surface area contributed by atoms with Crippen molar-refractivity contribution < 1.29 is 24.1 Å². The summed E-state index contributed by atoms with van der Waals surface area (Å²) in [6, 6.07) is 1.86. The summed E-state index contributed by atoms with van der Waals surface area (Å²) in [7, 11) is 1.64. The van der Waals surface area contributed by atoms with E-state index in [1.807, 2.05) is 0 Å². The van der Waals surface area contributed by atoms with E-state index in [1.54, 1.807) is 19.4 Å². The first-order valence-electron chi connectivity index (χ1n) is 6.17. The molecule has 0 amide bonds. The number of ether oxygens (including phenoxy) is 4. The molecule has 4 atom stereocenters. The van der Waals surface area contributed by atoms with Crippen molar-refractivity contribution in [2.75, 3.05) is 20.3 Å². The van der Waals surface area contributed by atoms with Crippen LogP contribution < -0.4 is 4.74 Å². The molecule has 2 fully saturated rings. The number of rotatable bonds is 4. The number of nitrogens with zero attached hydrogens (tertiary/aromatic N) is 2. The fourth-order valence-electron chi connectivity index (χ4n) is 2.39. The van der Waals surface area contributed by atoms with Crippen LogP contribution in [0.4, 0.5) is 0 Å². The molecular weight excluding hydrogens is 252 g/mol. The molecular formula is C12H16N2O5. The third kappa shape index (κ3) is 2.42. The fourth-order valence-corrected chi connectivity index (χ4v) is 2.39. The Balaban J connectivity index is 1.67. The summed E-state index contributed by atoms with van der Waals surface area (Å²) in [5.41, 5.74) is 0.516. The van der Waals surface area contributed by atoms with Crippen LogP contribution in [0.1, 0.15) is 5.69 Å². The monoisotopic (exact) mass is 268 g/mol. The minimum atomic E-state index is -0.251. The highest BCUT2D eigenvalue weighted by Crippen LogP contribution is 2.30. The molecule has 2 aliphatic heterocycles. The SMILES string of the molecule is CO[C@@H]1CO[C@H]2[C@@H]1OC[C@H]2Oc1nccc(CO)n1. The highest BCUT2D eigenvalue weighted by atomic mass is 16.6. The van der Waals surface area contributed by atoms with Crippen LogP contribution in [0.15, 0.2) is 12.3 Å². The van der Waals surface area contributed by atoms with Gasteiger partial charge >= 0.3 is 6.01 Å². The van der Waals surface area contributed by atoms with Gasteiger partial charge in [-0.1, -0.05) is 0 Å². The average molecular weight is 268 g/mol. The molecule has 0 unspecified atom stereocenters. The summed E-state index contributed by atoms with van der Waals surface area (Å²) in [5, 5.41) is 9.03. The molecule has 2 aliphatic rings. The van der Waals surface area contributed by atoms with Gasteiger partial charge in [-0.25, -0.2) is 4.98 Å². The van der Waals surface area contributed by atoms with Crippen molar-refractivity contribution in [3.8, 4) is 6.01 Å². The van der Waals surface area contributed by atoms with Crippen molar-refractivity contribution in [1.29, 1.82) is 0 Å². The molecule has 1 aromatic heterocycles. The van der Waals surface area contributed by atoms with Crippen LogP contribution in [0.3, 0.4) is 0 Å². The Kier molecular flexibility index (Phi) is 3.61. The quantitative estimate of drug-likeness (QED) is 0.790. The molecule has 7 nitrogen and oxygen atoms in total. The van der Waals surface area contributed by atoms with Gasteiger partial charge in [-0.3, -0.25) is 0 Å². The standard InChI is InChI=1S/C12H16N2O5/c1-16-8-5-17-11-9(6-18-10(8)11)19-12-13-3-2-7(4-15)14-12/h2-3,8-11,15H,4-6H2,1H3/t8-,9-,10-,11-/m1/s1. The largest absolute Gasteiger partial charge is 0.455 e. The number of methoxy groups -OCH3 is 1. The minimum absolute atomic E-state index is 0.0525. The number of fused-ring (bicyclic) bond motifs is 1. The normalized spacial score (nSPS) is 33.4. The lowest BCUT2D eigenvalue weighted by Gasteiger charge is -2.16. The van der Waals surface area contributed by atoms with Gasteiger partial charge in [-0.2, -0.15) is 4.98 Å². The lowest BCUT2D eigenvalue weighted by atomic mass is 10.1. The Hall–Kier alpha value is -1.28. The van der Waals surface area contributed by atoms with Crippen molar-refractivity contribution in [3.05, 3.63) is 18.0 Å². The molecule has 3 rings (SSSR count). The predicted molar refractivity (Wildman–Crippen MR) is 62.6 cm³/mol. The first-order valence-corrected chi connectivity index (χ1v) is 6.17. The molecule has 0 aromatic carbocycles. The van der Waals surface area contributed by atoms with Gasteiger partial charge in [0.25, 0.3) is 0 Å². The van der Waals surface area contributed by atoms with Crippen LogP contribution in [0, 0.1) is 0 Å². The Labute approximate surface area is 110 Å². The Morgan fingerprint density at radius 3 is 2.79 bits per heavy atom. The smallest absolute Gasteiger partial charge is 0.317 e. The maximum absolute atomic E-state index is 9.03. The molecule has 2 saturated heterocycles. The number of hydrogen-bond donors (Lipinski definition) is 1. The number of aromatic nitrogens is 2. The van der Waals surface area contributed by atoms with Crippen molar-refractivity contribution in [1.82, 2.24) is 9.97 Å². The van der Waals surface area contributed by atoms with Gasteiger partial charge < -0.3 is 24.1 Å². The molecule has 0 saturated carbocycles. The Morgan fingerprint density at radius 2 is 2.05 bits per heavy atom. The first-order chi connectivity index (χ1) is 9.31. The van der Waals surface area contributed by atoms with E-state index in [1.165, 1.54) is 0 Å². The van der Waals surface area contributed by atoms with Gasteiger partial charge in [0.15, 0.2) is 6.10 Å². The van der Waals surface area contributed by atoms with Crippen LogP contribution in [0.2, 0.25) is 0 Å². The number of aliphatic hydroxyl groups excluding tert-OH is 1. The molecule has 0 bridgehead atoms. The van der Waals surface area contributed by atoms with Gasteiger partial charge in [0.2, 0.25) is 0 Å². The van der Waals surface area contributed by atoms with Gasteiger partial charge in [0.05, 0.1) is 25.5 Å². The second-order valence-electron chi connectivity index (χ2n) is 4.52. The second kappa shape index (κ2) is 5.38. The first kappa shape index (κ1) is 12.7. The lowest BCUT2D eigenvalue weighted by molar-refractivity contribution is -0.0146. The molecule has 1 N–H and O–H groups in total. The van der Waals surface area contributed by atoms with E-state index in [0.29, 0.717) is 18.9 Å². The fraction of sp³-hybridized carbons (Fsp3) is 0.667. The summed E-state index contributed by atoms with van der Waals surface area (Å²) in [4.78, 5) is 8.10. The number of hydrogen-bond acceptors (Lipinski definition) is 7. The van der Waals surface area contributed by atoms with E-state index >= 15 is 0 Å². The maximum atomic E-state index is 9.03. The highest BCUT2D eigenvalue weighted by molar-refractivity contribution is 5.06. The lowest BCUT2D eigenvalue weighted by Crippen LogP contribution is -2.35. The predicted octanol–water partition coefficient (Wildman–Crippen LogP) is -0.471. The van der Waals surface area contributed by atoms with E-state index in [2.05, 4.69) is 9.97 Å². The average Bonchev–Trinajstić information content (AvgIpc) is 3.02. The van der Waals surface area contributed by atoms with Crippen molar-refractivity contribution >= 4 is 0 Å². The van der Waals surface area contributed by atoms with Gasteiger partial charge in [-0.05, 0) is 6.07 Å². The Bertz CT molecular complexity index is 444. The third-order valence-electron chi connectivity index (χ3n) is 3.38. The molecule has 7 heteroatoms. The van der Waals surface area contributed by atoms with E-state index in [0.717, 1.165) is 0 Å². The summed E-state index contributed by atoms with van der Waals surface area (Å²) in [5.74, 6) is 0. The molecule has 1 aromatic rings. The van der Waals surface area contributed by atoms with Gasteiger partial charge in [-0.15, -0.1) is 0 Å². The molecule has 0 spiro atoms. The van der Waals surface area contributed by atoms with Gasteiger partial charge in [0.1, 0.15) is 18.3 Å². The summed E-state index contributed by atoms with van der Waals surface area (Å²) < 4.78 is 22.3. The second-order valence-corrected chi connectivity index (χ2v) is 4.52. The van der Waals surface area contributed by atoms with E-state index < -0.39 is 0 Å². The molecule has 104 valence electrons. The molecule has 0 radical (unpaired) electrons. The zero-order valence-corrected chi connectivity index (χ0v) is 10.6. The van der Waals surface area contributed by atoms with E-state index in [-0.39, 0.29) is 37.0 Å². The van der Waals surface area contributed by atoms with E-state index in [4.69, 9.17) is 24.1 Å². The molecule has 3 heterocycles. The van der Waals surface area contributed by atoms with Crippen LogP contribution in [0.5, 0.6) is 6.01 Å². The van der Waals surface area contributed by atoms with Crippen LogP contribution in [-0.2, 0) is 20.8 Å². The van der Waals surface area contributed by atoms with Crippen molar-refractivity contribution in [3.63, 3.8) is 0 Å². The van der Waals surface area contributed by atoms with Crippen LogP contribution in [-0.4, -0.2) is 59.8 Å². The maximum Gasteiger partial charge on any atom is 0.317 e. The van der Waals surface area contributed by atoms with E-state index in [9.17, 15) is 0 Å². The summed E-state index contributed by atoms with van der Waals surface area (Å²) >= 11 is 0. The molecule has 0 aliphatic carbocycles. The van der Waals surface area contributed by atoms with Gasteiger partial charge in [0, 0.05) is 13.3 Å². The summed E-state index contributed by atoms with van der Waals surface area (Å²) in [6.07, 6.45) is 0.985.